The number of rotatable bonds is 8. The normalized spacial score (nSPS) is 11.2. The summed E-state index contributed by atoms with van der Waals surface area (Å²) in [6, 6.07) is 14.8. The summed E-state index contributed by atoms with van der Waals surface area (Å²) >= 11 is 0. The Morgan fingerprint density at radius 2 is 1.67 bits per heavy atom. The van der Waals surface area contributed by atoms with Gasteiger partial charge in [-0.1, -0.05) is 30.3 Å². The number of anilines is 1. The Bertz CT molecular complexity index is 762. The lowest BCUT2D eigenvalue weighted by Gasteiger charge is -2.08. The molecule has 0 saturated heterocycles. The Kier molecular flexibility index (Phi) is 6.45. The van der Waals surface area contributed by atoms with Gasteiger partial charge in [-0.25, -0.2) is 17.5 Å². The molecule has 0 saturated carbocycles. The summed E-state index contributed by atoms with van der Waals surface area (Å²) in [5.41, 5.74) is 1.48. The second-order valence-electron chi connectivity index (χ2n) is 5.28. The van der Waals surface area contributed by atoms with Crippen molar-refractivity contribution in [1.82, 2.24) is 4.72 Å². The minimum Gasteiger partial charge on any atom is -0.325 e. The summed E-state index contributed by atoms with van der Waals surface area (Å²) < 4.78 is 38.8. The molecule has 2 aromatic rings. The van der Waals surface area contributed by atoms with E-state index in [4.69, 9.17) is 0 Å². The molecular weight excluding hydrogens is 331 g/mol. The van der Waals surface area contributed by atoms with Crippen molar-refractivity contribution in [3.63, 3.8) is 0 Å². The molecule has 1 amide bonds. The number of sulfonamides is 1. The molecule has 0 aliphatic heterocycles. The summed E-state index contributed by atoms with van der Waals surface area (Å²) in [4.78, 5) is 11.7. The van der Waals surface area contributed by atoms with Gasteiger partial charge in [-0.2, -0.15) is 0 Å². The largest absolute Gasteiger partial charge is 0.325 e. The summed E-state index contributed by atoms with van der Waals surface area (Å²) in [6.45, 7) is -0.356. The first-order chi connectivity index (χ1) is 11.4. The van der Waals surface area contributed by atoms with Crippen LogP contribution in [0.15, 0.2) is 54.6 Å². The molecule has 5 nitrogen and oxygen atoms in total. The maximum Gasteiger partial charge on any atom is 0.239 e. The SMILES string of the molecule is O=C(CNS(=O)(=O)CCCc1ccccc1)Nc1ccc(F)cc1. The molecule has 0 aromatic heterocycles. The maximum atomic E-state index is 12.8. The Morgan fingerprint density at radius 3 is 2.33 bits per heavy atom. The molecule has 0 atom stereocenters. The van der Waals surface area contributed by atoms with Crippen molar-refractivity contribution in [1.29, 1.82) is 0 Å². The van der Waals surface area contributed by atoms with E-state index in [1.807, 2.05) is 30.3 Å². The van der Waals surface area contributed by atoms with Crippen LogP contribution in [0.3, 0.4) is 0 Å². The molecule has 2 rings (SSSR count). The number of aryl methyl sites for hydroxylation is 1. The molecule has 24 heavy (non-hydrogen) atoms. The monoisotopic (exact) mass is 350 g/mol. The Morgan fingerprint density at radius 1 is 1.00 bits per heavy atom. The van der Waals surface area contributed by atoms with Crippen LogP contribution in [0.5, 0.6) is 0 Å². The van der Waals surface area contributed by atoms with Gasteiger partial charge in [-0.05, 0) is 42.7 Å². The van der Waals surface area contributed by atoms with E-state index in [-0.39, 0.29) is 12.3 Å². The highest BCUT2D eigenvalue weighted by atomic mass is 32.2. The van der Waals surface area contributed by atoms with Gasteiger partial charge in [0.2, 0.25) is 15.9 Å². The number of hydrogen-bond acceptors (Lipinski definition) is 3. The van der Waals surface area contributed by atoms with Crippen LogP contribution < -0.4 is 10.0 Å². The Hall–Kier alpha value is -2.25. The number of benzene rings is 2. The number of carbonyl (C=O) groups excluding carboxylic acids is 1. The predicted octanol–water partition coefficient (Wildman–Crippen LogP) is 2.32. The quantitative estimate of drug-likeness (QED) is 0.767. The molecule has 0 fully saturated rings. The van der Waals surface area contributed by atoms with Crippen LogP contribution in [0, 0.1) is 5.82 Å². The summed E-state index contributed by atoms with van der Waals surface area (Å²) in [7, 11) is -3.52. The highest BCUT2D eigenvalue weighted by Gasteiger charge is 2.12. The van der Waals surface area contributed by atoms with Gasteiger partial charge in [0.05, 0.1) is 12.3 Å². The fraction of sp³-hybridized carbons (Fsp3) is 0.235. The predicted molar refractivity (Wildman–Crippen MR) is 91.6 cm³/mol. The number of carbonyl (C=O) groups is 1. The third-order valence-electron chi connectivity index (χ3n) is 3.30. The average molecular weight is 350 g/mol. The van der Waals surface area contributed by atoms with Crippen LogP contribution >= 0.6 is 0 Å². The van der Waals surface area contributed by atoms with Crippen molar-refractivity contribution >= 4 is 21.6 Å². The fourth-order valence-corrected chi connectivity index (χ4v) is 3.12. The van der Waals surface area contributed by atoms with Crippen LogP contribution in [0.1, 0.15) is 12.0 Å². The van der Waals surface area contributed by atoms with E-state index in [1.165, 1.54) is 24.3 Å². The molecule has 128 valence electrons. The molecule has 0 aliphatic rings. The molecule has 0 radical (unpaired) electrons. The van der Waals surface area contributed by atoms with Crippen molar-refractivity contribution in [2.75, 3.05) is 17.6 Å². The van der Waals surface area contributed by atoms with Crippen LogP contribution in [0.4, 0.5) is 10.1 Å². The smallest absolute Gasteiger partial charge is 0.239 e. The second kappa shape index (κ2) is 8.56. The zero-order valence-electron chi connectivity index (χ0n) is 13.0. The number of halogens is 1. The lowest BCUT2D eigenvalue weighted by Crippen LogP contribution is -2.34. The van der Waals surface area contributed by atoms with E-state index in [2.05, 4.69) is 10.0 Å². The Labute approximate surface area is 141 Å². The van der Waals surface area contributed by atoms with Crippen molar-refractivity contribution < 1.29 is 17.6 Å². The van der Waals surface area contributed by atoms with Gasteiger partial charge >= 0.3 is 0 Å². The molecular formula is C17H19FN2O3S. The van der Waals surface area contributed by atoms with E-state index < -0.39 is 21.7 Å². The van der Waals surface area contributed by atoms with Crippen LogP contribution in [0.25, 0.3) is 0 Å². The fourth-order valence-electron chi connectivity index (χ4n) is 2.10. The second-order valence-corrected chi connectivity index (χ2v) is 7.21. The lowest BCUT2D eigenvalue weighted by molar-refractivity contribution is -0.115. The van der Waals surface area contributed by atoms with Crippen molar-refractivity contribution in [2.45, 2.75) is 12.8 Å². The maximum absolute atomic E-state index is 12.8. The number of hydrogen-bond donors (Lipinski definition) is 2. The van der Waals surface area contributed by atoms with Gasteiger partial charge in [0, 0.05) is 5.69 Å². The minimum absolute atomic E-state index is 0.0499. The number of amides is 1. The zero-order valence-corrected chi connectivity index (χ0v) is 13.9. The van der Waals surface area contributed by atoms with E-state index in [0.29, 0.717) is 18.5 Å². The van der Waals surface area contributed by atoms with E-state index >= 15 is 0 Å². The Balaban J connectivity index is 1.73. The first kappa shape index (κ1) is 18.1. The van der Waals surface area contributed by atoms with Gasteiger partial charge < -0.3 is 5.32 Å². The zero-order chi connectivity index (χ0) is 17.4. The first-order valence-electron chi connectivity index (χ1n) is 7.51. The molecule has 0 bridgehead atoms. The molecule has 2 N–H and O–H groups in total. The highest BCUT2D eigenvalue weighted by molar-refractivity contribution is 7.89. The van der Waals surface area contributed by atoms with E-state index in [1.54, 1.807) is 0 Å². The summed E-state index contributed by atoms with van der Waals surface area (Å²) in [6.07, 6.45) is 1.13. The first-order valence-corrected chi connectivity index (χ1v) is 9.16. The third kappa shape index (κ3) is 6.47. The molecule has 7 heteroatoms. The molecule has 0 spiro atoms. The molecule has 0 unspecified atom stereocenters. The van der Waals surface area contributed by atoms with E-state index in [9.17, 15) is 17.6 Å². The standard InChI is InChI=1S/C17H19FN2O3S/c18-15-8-10-16(11-9-15)20-17(21)13-19-24(22,23)12-4-7-14-5-2-1-3-6-14/h1-3,5-6,8-11,19H,4,7,12-13H2,(H,20,21). The van der Waals surface area contributed by atoms with Crippen LogP contribution in [-0.4, -0.2) is 26.6 Å². The van der Waals surface area contributed by atoms with Gasteiger partial charge in [0.1, 0.15) is 5.82 Å². The number of nitrogens with one attached hydrogen (secondary N) is 2. The highest BCUT2D eigenvalue weighted by Crippen LogP contribution is 2.08. The molecule has 0 heterocycles. The average Bonchev–Trinajstić information content (AvgIpc) is 2.56. The van der Waals surface area contributed by atoms with Gasteiger partial charge in [0.25, 0.3) is 0 Å². The van der Waals surface area contributed by atoms with Gasteiger partial charge in [-0.15, -0.1) is 0 Å². The minimum atomic E-state index is -3.52. The molecule has 2 aromatic carbocycles. The lowest BCUT2D eigenvalue weighted by atomic mass is 10.1. The van der Waals surface area contributed by atoms with Gasteiger partial charge in [-0.3, -0.25) is 4.79 Å². The van der Waals surface area contributed by atoms with Crippen LogP contribution in [0.2, 0.25) is 0 Å². The van der Waals surface area contributed by atoms with Gasteiger partial charge in [0.15, 0.2) is 0 Å². The summed E-state index contributed by atoms with van der Waals surface area (Å²) in [5.74, 6) is -0.966. The third-order valence-corrected chi connectivity index (χ3v) is 4.71. The van der Waals surface area contributed by atoms with E-state index in [0.717, 1.165) is 5.56 Å². The topological polar surface area (TPSA) is 75.3 Å². The van der Waals surface area contributed by atoms with Crippen molar-refractivity contribution in [3.8, 4) is 0 Å². The molecule has 0 aliphatic carbocycles. The van der Waals surface area contributed by atoms with Crippen molar-refractivity contribution in [3.05, 3.63) is 66.0 Å². The van der Waals surface area contributed by atoms with Crippen LogP contribution in [-0.2, 0) is 21.2 Å². The summed E-state index contributed by atoms with van der Waals surface area (Å²) in [5, 5.41) is 2.49. The van der Waals surface area contributed by atoms with Crippen molar-refractivity contribution in [2.24, 2.45) is 0 Å².